The van der Waals surface area contributed by atoms with Crippen LogP contribution in [0.1, 0.15) is 44.0 Å². The molecule has 0 aliphatic heterocycles. The van der Waals surface area contributed by atoms with Crippen molar-refractivity contribution >= 4 is 11.6 Å². The number of nitrogens with zero attached hydrogens (tertiary/aromatic N) is 4. The fourth-order valence-corrected chi connectivity index (χ4v) is 2.87. The summed E-state index contributed by atoms with van der Waals surface area (Å²) < 4.78 is 0. The number of nitrogens with one attached hydrogen (secondary N) is 1. The van der Waals surface area contributed by atoms with Crippen molar-refractivity contribution in [3.63, 3.8) is 0 Å². The monoisotopic (exact) mass is 291 g/mol. The summed E-state index contributed by atoms with van der Waals surface area (Å²) in [7, 11) is 6.17. The second-order valence-electron chi connectivity index (χ2n) is 6.30. The molecule has 1 N–H and O–H groups in total. The van der Waals surface area contributed by atoms with Gasteiger partial charge in [0.15, 0.2) is 0 Å². The SMILES string of the molecule is CCN(c1nc(C2CC2)nc(NC)c1C)C(C)CN(C)C. The molecule has 118 valence electrons. The van der Waals surface area contributed by atoms with Crippen LogP contribution in [0, 0.1) is 6.92 Å². The molecule has 0 amide bonds. The Morgan fingerprint density at radius 3 is 2.43 bits per heavy atom. The molecule has 1 atom stereocenters. The van der Waals surface area contributed by atoms with Crippen LogP contribution in [0.25, 0.3) is 0 Å². The van der Waals surface area contributed by atoms with Gasteiger partial charge in [-0.3, -0.25) is 0 Å². The van der Waals surface area contributed by atoms with Crippen molar-refractivity contribution in [2.24, 2.45) is 0 Å². The smallest absolute Gasteiger partial charge is 0.137 e. The van der Waals surface area contributed by atoms with Crippen molar-refractivity contribution in [1.29, 1.82) is 0 Å². The molecule has 0 saturated heterocycles. The van der Waals surface area contributed by atoms with Gasteiger partial charge in [-0.1, -0.05) is 0 Å². The van der Waals surface area contributed by atoms with Crippen LogP contribution in [-0.4, -0.2) is 55.1 Å². The summed E-state index contributed by atoms with van der Waals surface area (Å²) in [6.45, 7) is 8.55. The van der Waals surface area contributed by atoms with Gasteiger partial charge in [-0.25, -0.2) is 9.97 Å². The third-order valence-corrected chi connectivity index (χ3v) is 4.09. The van der Waals surface area contributed by atoms with Crippen LogP contribution in [0.5, 0.6) is 0 Å². The van der Waals surface area contributed by atoms with E-state index >= 15 is 0 Å². The predicted octanol–water partition coefficient (Wildman–Crippen LogP) is 2.48. The molecule has 5 heteroatoms. The first-order chi connectivity index (χ1) is 9.97. The minimum Gasteiger partial charge on any atom is -0.373 e. The zero-order valence-electron chi connectivity index (χ0n) is 14.3. The first kappa shape index (κ1) is 16.0. The topological polar surface area (TPSA) is 44.3 Å². The van der Waals surface area contributed by atoms with E-state index in [0.29, 0.717) is 12.0 Å². The Hall–Kier alpha value is -1.36. The van der Waals surface area contributed by atoms with E-state index in [1.165, 1.54) is 12.8 Å². The number of hydrogen-bond donors (Lipinski definition) is 1. The van der Waals surface area contributed by atoms with Gasteiger partial charge in [0, 0.05) is 37.7 Å². The largest absolute Gasteiger partial charge is 0.373 e. The summed E-state index contributed by atoms with van der Waals surface area (Å²) in [6.07, 6.45) is 2.45. The van der Waals surface area contributed by atoms with Gasteiger partial charge in [0.2, 0.25) is 0 Å². The molecule has 1 aromatic rings. The van der Waals surface area contributed by atoms with Crippen LogP contribution in [-0.2, 0) is 0 Å². The maximum atomic E-state index is 4.90. The summed E-state index contributed by atoms with van der Waals surface area (Å²) in [4.78, 5) is 14.2. The Morgan fingerprint density at radius 1 is 1.29 bits per heavy atom. The summed E-state index contributed by atoms with van der Waals surface area (Å²) in [5.41, 5.74) is 1.15. The predicted molar refractivity (Wildman–Crippen MR) is 89.3 cm³/mol. The van der Waals surface area contributed by atoms with Gasteiger partial charge < -0.3 is 15.1 Å². The Morgan fingerprint density at radius 2 is 1.95 bits per heavy atom. The van der Waals surface area contributed by atoms with E-state index in [0.717, 1.165) is 36.1 Å². The zero-order valence-corrected chi connectivity index (χ0v) is 14.3. The van der Waals surface area contributed by atoms with Crippen LogP contribution in [0.2, 0.25) is 0 Å². The molecule has 2 rings (SSSR count). The van der Waals surface area contributed by atoms with Gasteiger partial charge >= 0.3 is 0 Å². The second-order valence-corrected chi connectivity index (χ2v) is 6.30. The van der Waals surface area contributed by atoms with Crippen LogP contribution in [0.4, 0.5) is 11.6 Å². The summed E-state index contributed by atoms with van der Waals surface area (Å²) in [6, 6.07) is 0.426. The van der Waals surface area contributed by atoms with Gasteiger partial charge in [0.25, 0.3) is 0 Å². The third-order valence-electron chi connectivity index (χ3n) is 4.09. The normalized spacial score (nSPS) is 16.1. The highest BCUT2D eigenvalue weighted by atomic mass is 15.3. The number of aromatic nitrogens is 2. The maximum absolute atomic E-state index is 4.90. The molecule has 0 spiro atoms. The van der Waals surface area contributed by atoms with Crippen molar-refractivity contribution in [1.82, 2.24) is 14.9 Å². The number of rotatable bonds is 7. The van der Waals surface area contributed by atoms with E-state index in [2.05, 4.69) is 50.0 Å². The van der Waals surface area contributed by atoms with Gasteiger partial charge in [-0.05, 0) is 47.7 Å². The molecule has 1 saturated carbocycles. The minimum absolute atomic E-state index is 0.426. The third kappa shape index (κ3) is 3.64. The average molecular weight is 291 g/mol. The van der Waals surface area contributed by atoms with Gasteiger partial charge in [0.05, 0.1) is 0 Å². The van der Waals surface area contributed by atoms with E-state index in [1.807, 2.05) is 7.05 Å². The molecule has 5 nitrogen and oxygen atoms in total. The number of hydrogen-bond acceptors (Lipinski definition) is 5. The molecule has 0 aromatic carbocycles. The van der Waals surface area contributed by atoms with E-state index in [4.69, 9.17) is 9.97 Å². The lowest BCUT2D eigenvalue weighted by molar-refractivity contribution is 0.372. The Balaban J connectivity index is 2.36. The van der Waals surface area contributed by atoms with Crippen LogP contribution in [0.15, 0.2) is 0 Å². The van der Waals surface area contributed by atoms with E-state index in [-0.39, 0.29) is 0 Å². The average Bonchev–Trinajstić information content (AvgIpc) is 3.25. The zero-order chi connectivity index (χ0) is 15.6. The Labute approximate surface area is 128 Å². The number of anilines is 2. The first-order valence-electron chi connectivity index (χ1n) is 7.95. The lowest BCUT2D eigenvalue weighted by Gasteiger charge is -2.32. The van der Waals surface area contributed by atoms with Crippen LogP contribution in [0.3, 0.4) is 0 Å². The van der Waals surface area contributed by atoms with Crippen molar-refractivity contribution in [3.8, 4) is 0 Å². The molecule has 1 heterocycles. The summed E-state index contributed by atoms with van der Waals surface area (Å²) >= 11 is 0. The first-order valence-corrected chi connectivity index (χ1v) is 7.95. The molecule has 1 aliphatic carbocycles. The molecular weight excluding hydrogens is 262 g/mol. The van der Waals surface area contributed by atoms with Crippen molar-refractivity contribution < 1.29 is 0 Å². The van der Waals surface area contributed by atoms with Gasteiger partial charge in [0.1, 0.15) is 17.5 Å². The quantitative estimate of drug-likeness (QED) is 0.836. The number of likely N-dealkylation sites (N-methyl/N-ethyl adjacent to an activating group) is 2. The van der Waals surface area contributed by atoms with E-state index in [9.17, 15) is 0 Å². The molecule has 1 fully saturated rings. The minimum atomic E-state index is 0.426. The standard InChI is InChI=1S/C16H29N5/c1-7-21(11(2)10-20(5)6)16-12(3)14(17-4)18-15(19-16)13-8-9-13/h11,13H,7-10H2,1-6H3,(H,17,18,19). The highest BCUT2D eigenvalue weighted by Gasteiger charge is 2.29. The molecule has 21 heavy (non-hydrogen) atoms. The lowest BCUT2D eigenvalue weighted by atomic mass is 10.2. The van der Waals surface area contributed by atoms with Gasteiger partial charge in [-0.15, -0.1) is 0 Å². The summed E-state index contributed by atoms with van der Waals surface area (Å²) in [5, 5.41) is 3.23. The highest BCUT2D eigenvalue weighted by Crippen LogP contribution is 2.40. The molecule has 1 aromatic heterocycles. The Kier molecular flexibility index (Phi) is 5.04. The molecular formula is C16H29N5. The van der Waals surface area contributed by atoms with Crippen LogP contribution < -0.4 is 10.2 Å². The lowest BCUT2D eigenvalue weighted by Crippen LogP contribution is -2.41. The van der Waals surface area contributed by atoms with Crippen molar-refractivity contribution in [3.05, 3.63) is 11.4 Å². The van der Waals surface area contributed by atoms with E-state index in [1.54, 1.807) is 0 Å². The maximum Gasteiger partial charge on any atom is 0.137 e. The van der Waals surface area contributed by atoms with Crippen molar-refractivity contribution in [2.45, 2.75) is 45.6 Å². The van der Waals surface area contributed by atoms with E-state index < -0.39 is 0 Å². The molecule has 0 bridgehead atoms. The van der Waals surface area contributed by atoms with Gasteiger partial charge in [-0.2, -0.15) is 0 Å². The fourth-order valence-electron chi connectivity index (χ4n) is 2.87. The molecule has 1 aliphatic rings. The molecule has 0 radical (unpaired) electrons. The fraction of sp³-hybridized carbons (Fsp3) is 0.750. The van der Waals surface area contributed by atoms with Crippen LogP contribution >= 0.6 is 0 Å². The summed E-state index contributed by atoms with van der Waals surface area (Å²) in [5.74, 6) is 3.64. The Bertz CT molecular complexity index is 482. The molecule has 1 unspecified atom stereocenters. The van der Waals surface area contributed by atoms with Crippen molar-refractivity contribution in [2.75, 3.05) is 44.4 Å². The highest BCUT2D eigenvalue weighted by molar-refractivity contribution is 5.59. The second kappa shape index (κ2) is 6.60.